The normalized spacial score (nSPS) is 20.2. The molecular formula is C19H25NO5. The van der Waals surface area contributed by atoms with E-state index in [9.17, 15) is 19.5 Å². The van der Waals surface area contributed by atoms with E-state index in [2.05, 4.69) is 0 Å². The Bertz CT molecular complexity index is 642. The van der Waals surface area contributed by atoms with Crippen LogP contribution in [0, 0.1) is 5.92 Å². The lowest BCUT2D eigenvalue weighted by Crippen LogP contribution is -2.49. The molecule has 1 saturated heterocycles. The number of ether oxygens (including phenoxy) is 1. The molecule has 25 heavy (non-hydrogen) atoms. The van der Waals surface area contributed by atoms with Crippen LogP contribution in [0.25, 0.3) is 0 Å². The van der Waals surface area contributed by atoms with Crippen molar-refractivity contribution >= 4 is 17.7 Å². The molecule has 0 radical (unpaired) electrons. The summed E-state index contributed by atoms with van der Waals surface area (Å²) in [6.07, 6.45) is 2.21. The second-order valence-corrected chi connectivity index (χ2v) is 6.45. The van der Waals surface area contributed by atoms with E-state index < -0.39 is 11.9 Å². The highest BCUT2D eigenvalue weighted by molar-refractivity contribution is 5.94. The Balaban J connectivity index is 1.79. The first kappa shape index (κ1) is 19.0. The van der Waals surface area contributed by atoms with Gasteiger partial charge in [-0.15, -0.1) is 0 Å². The van der Waals surface area contributed by atoms with Gasteiger partial charge in [0.05, 0.1) is 12.5 Å². The lowest BCUT2D eigenvalue weighted by Gasteiger charge is -2.37. The fourth-order valence-electron chi connectivity index (χ4n) is 3.19. The number of ketones is 1. The molecule has 1 aliphatic rings. The van der Waals surface area contributed by atoms with Crippen LogP contribution in [0.1, 0.15) is 49.9 Å². The number of carbonyl (C=O) groups excluding carboxylic acids is 2. The monoisotopic (exact) mass is 347 g/mol. The zero-order valence-corrected chi connectivity index (χ0v) is 14.7. The first-order chi connectivity index (χ1) is 11.9. The summed E-state index contributed by atoms with van der Waals surface area (Å²) in [4.78, 5) is 36.6. The van der Waals surface area contributed by atoms with Crippen molar-refractivity contribution in [2.24, 2.45) is 5.92 Å². The maximum Gasteiger partial charge on any atom is 0.308 e. The number of carboxylic acids is 1. The van der Waals surface area contributed by atoms with Crippen LogP contribution in [-0.4, -0.2) is 46.9 Å². The zero-order valence-electron chi connectivity index (χ0n) is 14.7. The lowest BCUT2D eigenvalue weighted by molar-refractivity contribution is -0.149. The van der Waals surface area contributed by atoms with Gasteiger partial charge >= 0.3 is 5.97 Å². The largest absolute Gasteiger partial charge is 0.494 e. The van der Waals surface area contributed by atoms with Gasteiger partial charge in [-0.3, -0.25) is 14.4 Å². The Morgan fingerprint density at radius 3 is 2.76 bits per heavy atom. The Kier molecular flexibility index (Phi) is 6.56. The molecule has 6 heteroatoms. The number of aliphatic carboxylic acids is 1. The molecule has 6 nitrogen and oxygen atoms in total. The third-order valence-corrected chi connectivity index (χ3v) is 4.67. The van der Waals surface area contributed by atoms with Crippen LogP contribution in [0.2, 0.25) is 0 Å². The van der Waals surface area contributed by atoms with E-state index in [0.717, 1.165) is 6.42 Å². The standard InChI is InChI=1S/C19H25NO5/c1-13-17(19(23)24)8-4-10-20(13)18(22)9-5-11-25-16-7-3-6-15(12-16)14(2)21/h3,6-7,12-13,17H,4-5,8-11H2,1-2H3,(H,23,24)/t13-,17-/m1/s1. The maximum absolute atomic E-state index is 12.4. The topological polar surface area (TPSA) is 83.9 Å². The number of rotatable bonds is 7. The van der Waals surface area contributed by atoms with Gasteiger partial charge in [0.2, 0.25) is 5.91 Å². The van der Waals surface area contributed by atoms with Crippen molar-refractivity contribution in [2.45, 2.75) is 45.6 Å². The summed E-state index contributed by atoms with van der Waals surface area (Å²) in [7, 11) is 0. The number of Topliss-reactive ketones (excluding diaryl/α,β-unsaturated/α-hetero) is 1. The smallest absolute Gasteiger partial charge is 0.308 e. The van der Waals surface area contributed by atoms with E-state index in [1.807, 2.05) is 0 Å². The summed E-state index contributed by atoms with van der Waals surface area (Å²) < 4.78 is 5.60. The van der Waals surface area contributed by atoms with Crippen LogP contribution in [0.5, 0.6) is 5.75 Å². The molecule has 1 aliphatic heterocycles. The second kappa shape index (κ2) is 8.65. The van der Waals surface area contributed by atoms with Crippen molar-refractivity contribution in [3.05, 3.63) is 29.8 Å². The van der Waals surface area contributed by atoms with Gasteiger partial charge in [-0.25, -0.2) is 0 Å². The summed E-state index contributed by atoms with van der Waals surface area (Å²) >= 11 is 0. The number of carboxylic acid groups (broad SMARTS) is 1. The van der Waals surface area contributed by atoms with Crippen LogP contribution in [-0.2, 0) is 9.59 Å². The van der Waals surface area contributed by atoms with Gasteiger partial charge < -0.3 is 14.7 Å². The van der Waals surface area contributed by atoms with Gasteiger partial charge in [0, 0.05) is 24.6 Å². The zero-order chi connectivity index (χ0) is 18.4. The average molecular weight is 347 g/mol. The molecular weight excluding hydrogens is 322 g/mol. The predicted octanol–water partition coefficient (Wildman–Crippen LogP) is 2.76. The third-order valence-electron chi connectivity index (χ3n) is 4.67. The summed E-state index contributed by atoms with van der Waals surface area (Å²) in [6, 6.07) is 6.69. The van der Waals surface area contributed by atoms with Gasteiger partial charge in [0.15, 0.2) is 5.78 Å². The van der Waals surface area contributed by atoms with Crippen LogP contribution in [0.3, 0.4) is 0 Å². The Morgan fingerprint density at radius 1 is 1.32 bits per heavy atom. The molecule has 0 unspecified atom stereocenters. The molecule has 0 bridgehead atoms. The van der Waals surface area contributed by atoms with E-state index in [1.54, 1.807) is 36.1 Å². The fraction of sp³-hybridized carbons (Fsp3) is 0.526. The average Bonchev–Trinajstić information content (AvgIpc) is 2.58. The fourth-order valence-corrected chi connectivity index (χ4v) is 3.19. The molecule has 2 atom stereocenters. The highest BCUT2D eigenvalue weighted by Crippen LogP contribution is 2.24. The maximum atomic E-state index is 12.4. The Hall–Kier alpha value is -2.37. The van der Waals surface area contributed by atoms with Gasteiger partial charge in [-0.05, 0) is 45.2 Å². The quantitative estimate of drug-likeness (QED) is 0.606. The lowest BCUT2D eigenvalue weighted by atomic mass is 9.90. The van der Waals surface area contributed by atoms with Crippen LogP contribution < -0.4 is 4.74 Å². The van der Waals surface area contributed by atoms with Crippen molar-refractivity contribution < 1.29 is 24.2 Å². The van der Waals surface area contributed by atoms with Crippen molar-refractivity contribution in [3.8, 4) is 5.75 Å². The summed E-state index contributed by atoms with van der Waals surface area (Å²) in [5.74, 6) is -0.758. The minimum absolute atomic E-state index is 0.0206. The molecule has 1 fully saturated rings. The number of hydrogen-bond acceptors (Lipinski definition) is 4. The van der Waals surface area contributed by atoms with Crippen molar-refractivity contribution in [2.75, 3.05) is 13.2 Å². The summed E-state index contributed by atoms with van der Waals surface area (Å²) in [6.45, 7) is 4.30. The first-order valence-corrected chi connectivity index (χ1v) is 8.66. The molecule has 0 aromatic heterocycles. The molecule has 0 spiro atoms. The summed E-state index contributed by atoms with van der Waals surface area (Å²) in [5, 5.41) is 9.23. The van der Waals surface area contributed by atoms with Crippen LogP contribution in [0.4, 0.5) is 0 Å². The van der Waals surface area contributed by atoms with E-state index in [0.29, 0.717) is 43.7 Å². The van der Waals surface area contributed by atoms with E-state index in [4.69, 9.17) is 4.74 Å². The number of nitrogens with zero attached hydrogens (tertiary/aromatic N) is 1. The number of likely N-dealkylation sites (tertiary alicyclic amines) is 1. The molecule has 136 valence electrons. The van der Waals surface area contributed by atoms with E-state index in [1.165, 1.54) is 6.92 Å². The molecule has 0 aliphatic carbocycles. The SMILES string of the molecule is CC(=O)c1cccc(OCCCC(=O)N2CCC[C@@H](C(=O)O)[C@H]2C)c1. The molecule has 1 heterocycles. The Labute approximate surface area is 147 Å². The molecule has 1 N–H and O–H groups in total. The molecule has 0 saturated carbocycles. The van der Waals surface area contributed by atoms with Crippen LogP contribution >= 0.6 is 0 Å². The van der Waals surface area contributed by atoms with Gasteiger partial charge in [0.25, 0.3) is 0 Å². The van der Waals surface area contributed by atoms with E-state index in [-0.39, 0.29) is 17.7 Å². The number of piperidine rings is 1. The third kappa shape index (κ3) is 5.05. The minimum Gasteiger partial charge on any atom is -0.494 e. The number of carbonyl (C=O) groups is 3. The summed E-state index contributed by atoms with van der Waals surface area (Å²) in [5.41, 5.74) is 0.593. The van der Waals surface area contributed by atoms with Gasteiger partial charge in [-0.1, -0.05) is 12.1 Å². The highest BCUT2D eigenvalue weighted by Gasteiger charge is 2.34. The van der Waals surface area contributed by atoms with Gasteiger partial charge in [-0.2, -0.15) is 0 Å². The number of benzene rings is 1. The first-order valence-electron chi connectivity index (χ1n) is 8.66. The predicted molar refractivity (Wildman–Crippen MR) is 92.7 cm³/mol. The molecule has 1 amide bonds. The van der Waals surface area contributed by atoms with Crippen molar-refractivity contribution in [3.63, 3.8) is 0 Å². The number of hydrogen-bond donors (Lipinski definition) is 1. The van der Waals surface area contributed by atoms with Gasteiger partial charge in [0.1, 0.15) is 5.75 Å². The van der Waals surface area contributed by atoms with Crippen molar-refractivity contribution in [1.82, 2.24) is 4.90 Å². The molecule has 1 aromatic rings. The minimum atomic E-state index is -0.835. The molecule has 2 rings (SSSR count). The Morgan fingerprint density at radius 2 is 2.08 bits per heavy atom. The highest BCUT2D eigenvalue weighted by atomic mass is 16.5. The number of amides is 1. The van der Waals surface area contributed by atoms with Crippen molar-refractivity contribution in [1.29, 1.82) is 0 Å². The second-order valence-electron chi connectivity index (χ2n) is 6.45. The van der Waals surface area contributed by atoms with E-state index >= 15 is 0 Å². The van der Waals surface area contributed by atoms with Crippen LogP contribution in [0.15, 0.2) is 24.3 Å². The molecule has 1 aromatic carbocycles.